The van der Waals surface area contributed by atoms with E-state index in [1.165, 1.54) is 0 Å². The maximum Gasteiger partial charge on any atom is 0.202 e. The minimum absolute atomic E-state index is 0.462. The van der Waals surface area contributed by atoms with E-state index in [0.717, 1.165) is 11.3 Å². The Labute approximate surface area is 127 Å². The predicted octanol–water partition coefficient (Wildman–Crippen LogP) is 1.76. The van der Waals surface area contributed by atoms with Crippen LogP contribution in [0.3, 0.4) is 0 Å². The van der Waals surface area contributed by atoms with Crippen LogP contribution in [0.1, 0.15) is 5.56 Å². The Hall–Kier alpha value is -2.31. The zero-order chi connectivity index (χ0) is 14.7. The second kappa shape index (κ2) is 5.59. The van der Waals surface area contributed by atoms with Crippen molar-refractivity contribution in [2.75, 3.05) is 5.32 Å². The normalized spacial score (nSPS) is 21.2. The minimum atomic E-state index is -0.986. The number of rotatable bonds is 3. The van der Waals surface area contributed by atoms with Crippen LogP contribution in [0.5, 0.6) is 0 Å². The third-order valence-corrected chi connectivity index (χ3v) is 3.57. The first-order valence-electron chi connectivity index (χ1n) is 6.47. The van der Waals surface area contributed by atoms with Crippen molar-refractivity contribution in [3.8, 4) is 0 Å². The van der Waals surface area contributed by atoms with Crippen molar-refractivity contribution >= 4 is 23.2 Å². The number of H-pyrrole nitrogens is 1. The summed E-state index contributed by atoms with van der Waals surface area (Å²) in [7, 11) is 0. The highest BCUT2D eigenvalue weighted by Gasteiger charge is 2.32. The highest BCUT2D eigenvalue weighted by atomic mass is 35.5. The van der Waals surface area contributed by atoms with E-state index < -0.39 is 5.66 Å². The van der Waals surface area contributed by atoms with Gasteiger partial charge < -0.3 is 16.4 Å². The zero-order valence-electron chi connectivity index (χ0n) is 11.2. The van der Waals surface area contributed by atoms with E-state index in [9.17, 15) is 0 Å². The molecule has 0 aliphatic carbocycles. The van der Waals surface area contributed by atoms with E-state index in [2.05, 4.69) is 25.8 Å². The first-order valence-corrected chi connectivity index (χ1v) is 6.85. The van der Waals surface area contributed by atoms with Crippen LogP contribution in [0, 0.1) is 0 Å². The number of nitrogens with zero attached hydrogens (tertiary/aromatic N) is 2. The van der Waals surface area contributed by atoms with E-state index in [1.54, 1.807) is 18.6 Å². The fraction of sp³-hybridized carbons (Fsp3) is 0.143. The monoisotopic (exact) mass is 302 g/mol. The molecule has 1 aliphatic rings. The number of aliphatic imine (C=N–C) groups is 1. The van der Waals surface area contributed by atoms with Crippen molar-refractivity contribution in [1.82, 2.24) is 15.5 Å². The second-order valence-electron chi connectivity index (χ2n) is 4.80. The Morgan fingerprint density at radius 3 is 2.81 bits per heavy atom. The van der Waals surface area contributed by atoms with Crippen molar-refractivity contribution < 1.29 is 0 Å². The van der Waals surface area contributed by atoms with Crippen LogP contribution >= 0.6 is 11.6 Å². The van der Waals surface area contributed by atoms with Gasteiger partial charge in [-0.2, -0.15) is 5.10 Å². The molecule has 3 rings (SSSR count). The molecular weight excluding hydrogens is 288 g/mol. The summed E-state index contributed by atoms with van der Waals surface area (Å²) in [5.74, 6) is 0.527. The highest BCUT2D eigenvalue weighted by Crippen LogP contribution is 2.26. The van der Waals surface area contributed by atoms with Crippen LogP contribution in [-0.4, -0.2) is 21.8 Å². The van der Waals surface area contributed by atoms with Gasteiger partial charge in [-0.1, -0.05) is 41.9 Å². The number of benzene rings is 1. The van der Waals surface area contributed by atoms with Gasteiger partial charge in [-0.15, -0.1) is 0 Å². The van der Waals surface area contributed by atoms with Gasteiger partial charge in [-0.05, 0) is 5.56 Å². The van der Waals surface area contributed by atoms with Crippen molar-refractivity contribution in [3.05, 3.63) is 59.5 Å². The van der Waals surface area contributed by atoms with Crippen molar-refractivity contribution in [2.24, 2.45) is 10.7 Å². The molecule has 7 heteroatoms. The molecule has 5 N–H and O–H groups in total. The second-order valence-corrected chi connectivity index (χ2v) is 5.20. The van der Waals surface area contributed by atoms with Gasteiger partial charge in [0.1, 0.15) is 0 Å². The Balaban J connectivity index is 1.82. The molecule has 0 saturated carbocycles. The Kier molecular flexibility index (Phi) is 3.64. The van der Waals surface area contributed by atoms with Gasteiger partial charge in [0.15, 0.2) is 5.66 Å². The smallest absolute Gasteiger partial charge is 0.202 e. The average molecular weight is 303 g/mol. The van der Waals surface area contributed by atoms with E-state index in [-0.39, 0.29) is 0 Å². The predicted molar refractivity (Wildman–Crippen MR) is 83.8 cm³/mol. The standard InChI is InChI=1S/C14H15ClN6/c15-12-9-17-13(20-11-7-18-19-8-11)21-14(12,16)6-10-4-2-1-3-5-10/h1-5,7-9H,6,16H2,(H,18,19)(H2,17,20,21). The first-order chi connectivity index (χ1) is 10.2. The molecule has 1 aromatic heterocycles. The van der Waals surface area contributed by atoms with Crippen LogP contribution < -0.4 is 16.4 Å². The van der Waals surface area contributed by atoms with Gasteiger partial charge in [0, 0.05) is 18.8 Å². The summed E-state index contributed by atoms with van der Waals surface area (Å²) in [6, 6.07) is 9.89. The molecule has 0 fully saturated rings. The van der Waals surface area contributed by atoms with Crippen LogP contribution in [0.2, 0.25) is 0 Å². The molecule has 1 aliphatic heterocycles. The number of aromatic amines is 1. The minimum Gasteiger partial charge on any atom is -0.331 e. The Bertz CT molecular complexity index is 664. The number of nitrogens with two attached hydrogens (primary N) is 1. The summed E-state index contributed by atoms with van der Waals surface area (Å²) in [4.78, 5) is 4.50. The van der Waals surface area contributed by atoms with Crippen LogP contribution in [0.4, 0.5) is 5.69 Å². The Morgan fingerprint density at radius 2 is 2.10 bits per heavy atom. The number of anilines is 1. The molecule has 0 spiro atoms. The third kappa shape index (κ3) is 3.07. The number of hydrogen-bond donors (Lipinski definition) is 4. The fourth-order valence-electron chi connectivity index (χ4n) is 2.09. The molecule has 0 amide bonds. The maximum absolute atomic E-state index is 6.36. The quantitative estimate of drug-likeness (QED) is 0.695. The molecule has 1 unspecified atom stereocenters. The number of hydrogen-bond acceptors (Lipinski definition) is 5. The summed E-state index contributed by atoms with van der Waals surface area (Å²) in [6.07, 6.45) is 5.54. The molecule has 0 bridgehead atoms. The molecule has 108 valence electrons. The fourth-order valence-corrected chi connectivity index (χ4v) is 2.26. The number of guanidine groups is 1. The Morgan fingerprint density at radius 1 is 1.29 bits per heavy atom. The molecule has 0 saturated heterocycles. The summed E-state index contributed by atoms with van der Waals surface area (Å²) >= 11 is 6.24. The van der Waals surface area contributed by atoms with Crippen molar-refractivity contribution in [3.63, 3.8) is 0 Å². The van der Waals surface area contributed by atoms with Gasteiger partial charge in [-0.25, -0.2) is 4.99 Å². The third-order valence-electron chi connectivity index (χ3n) is 3.14. The summed E-state index contributed by atoms with van der Waals surface area (Å²) in [5.41, 5.74) is 7.23. The largest absolute Gasteiger partial charge is 0.331 e. The van der Waals surface area contributed by atoms with Gasteiger partial charge >= 0.3 is 0 Å². The molecule has 1 aromatic carbocycles. The van der Waals surface area contributed by atoms with Gasteiger partial charge in [0.25, 0.3) is 0 Å². The molecule has 0 radical (unpaired) electrons. The lowest BCUT2D eigenvalue weighted by Crippen LogP contribution is -2.47. The van der Waals surface area contributed by atoms with Gasteiger partial charge in [0.05, 0.1) is 16.9 Å². The lowest BCUT2D eigenvalue weighted by Gasteiger charge is -2.29. The van der Waals surface area contributed by atoms with E-state index in [1.807, 2.05) is 30.3 Å². The van der Waals surface area contributed by atoms with E-state index in [4.69, 9.17) is 17.3 Å². The van der Waals surface area contributed by atoms with E-state index in [0.29, 0.717) is 17.4 Å². The summed E-state index contributed by atoms with van der Waals surface area (Å²) < 4.78 is 0. The van der Waals surface area contributed by atoms with Crippen molar-refractivity contribution in [1.29, 1.82) is 0 Å². The lowest BCUT2D eigenvalue weighted by molar-refractivity contribution is 0.531. The maximum atomic E-state index is 6.36. The zero-order valence-corrected chi connectivity index (χ0v) is 11.9. The molecular formula is C14H15ClN6. The van der Waals surface area contributed by atoms with Crippen LogP contribution in [-0.2, 0) is 6.42 Å². The van der Waals surface area contributed by atoms with Gasteiger partial charge in [0.2, 0.25) is 5.96 Å². The topological polar surface area (TPSA) is 91.1 Å². The van der Waals surface area contributed by atoms with E-state index >= 15 is 0 Å². The lowest BCUT2D eigenvalue weighted by atomic mass is 10.00. The SMILES string of the molecule is NC1(Cc2ccccc2)N=C(Nc2cn[nH]c2)NC=C1Cl. The van der Waals surface area contributed by atoms with Crippen LogP contribution in [0.25, 0.3) is 0 Å². The molecule has 2 heterocycles. The van der Waals surface area contributed by atoms with Gasteiger partial charge in [-0.3, -0.25) is 5.10 Å². The first kappa shape index (κ1) is 13.7. The molecule has 2 aromatic rings. The number of halogens is 1. The van der Waals surface area contributed by atoms with Crippen LogP contribution in [0.15, 0.2) is 59.0 Å². The summed E-state index contributed by atoms with van der Waals surface area (Å²) in [6.45, 7) is 0. The van der Waals surface area contributed by atoms with Crippen molar-refractivity contribution in [2.45, 2.75) is 12.1 Å². The average Bonchev–Trinajstić information content (AvgIpc) is 2.97. The summed E-state index contributed by atoms with van der Waals surface area (Å²) in [5, 5.41) is 13.1. The molecule has 1 atom stereocenters. The number of nitrogens with one attached hydrogen (secondary N) is 3. The number of aromatic nitrogens is 2. The molecule has 21 heavy (non-hydrogen) atoms. The highest BCUT2D eigenvalue weighted by molar-refractivity contribution is 6.31. The molecule has 6 nitrogen and oxygen atoms in total.